The average molecular weight is 408 g/mol. The van der Waals surface area contributed by atoms with Gasteiger partial charge < -0.3 is 20.7 Å². The van der Waals surface area contributed by atoms with Gasteiger partial charge >= 0.3 is 0 Å². The summed E-state index contributed by atoms with van der Waals surface area (Å²) < 4.78 is 5.91. The molecule has 1 aromatic carbocycles. The van der Waals surface area contributed by atoms with E-state index in [9.17, 15) is 4.79 Å². The van der Waals surface area contributed by atoms with Crippen LogP contribution >= 0.6 is 24.8 Å². The summed E-state index contributed by atoms with van der Waals surface area (Å²) >= 11 is 0. The molecule has 0 aromatic heterocycles. The largest absolute Gasteiger partial charge is 0.492 e. The SMILES string of the molecule is CCN(CC)CCOc1ccccc1CNC(=O)[C@@H](N)C(C)(C)C.Cl.Cl. The Morgan fingerprint density at radius 2 is 1.77 bits per heavy atom. The molecular weight excluding hydrogens is 373 g/mol. The number of rotatable bonds is 9. The van der Waals surface area contributed by atoms with E-state index in [0.29, 0.717) is 13.2 Å². The number of hydrogen-bond acceptors (Lipinski definition) is 4. The number of benzene rings is 1. The van der Waals surface area contributed by atoms with Crippen molar-refractivity contribution in [2.75, 3.05) is 26.2 Å². The van der Waals surface area contributed by atoms with Gasteiger partial charge in [0.1, 0.15) is 12.4 Å². The molecule has 0 aliphatic carbocycles. The van der Waals surface area contributed by atoms with Crippen molar-refractivity contribution < 1.29 is 9.53 Å². The molecule has 0 aliphatic heterocycles. The van der Waals surface area contributed by atoms with Gasteiger partial charge in [0.2, 0.25) is 5.91 Å². The molecule has 3 N–H and O–H groups in total. The molecule has 0 saturated carbocycles. The number of nitrogens with zero attached hydrogens (tertiary/aromatic N) is 1. The third kappa shape index (κ3) is 9.08. The van der Waals surface area contributed by atoms with Crippen molar-refractivity contribution in [3.8, 4) is 5.75 Å². The molecule has 1 amide bonds. The Kier molecular flexibility index (Phi) is 13.8. The normalized spacial score (nSPS) is 12.0. The molecule has 152 valence electrons. The summed E-state index contributed by atoms with van der Waals surface area (Å²) in [6, 6.07) is 7.26. The van der Waals surface area contributed by atoms with Crippen LogP contribution in [0.4, 0.5) is 0 Å². The maximum absolute atomic E-state index is 12.2. The molecule has 0 fully saturated rings. The van der Waals surface area contributed by atoms with E-state index in [1.165, 1.54) is 0 Å². The Bertz CT molecular complexity index is 518. The van der Waals surface area contributed by atoms with Gasteiger partial charge in [-0.15, -0.1) is 24.8 Å². The molecule has 0 bridgehead atoms. The first-order valence-corrected chi connectivity index (χ1v) is 8.75. The summed E-state index contributed by atoms with van der Waals surface area (Å²) in [6.07, 6.45) is 0. The zero-order chi connectivity index (χ0) is 18.2. The smallest absolute Gasteiger partial charge is 0.237 e. The molecule has 0 unspecified atom stereocenters. The fraction of sp³-hybridized carbons (Fsp3) is 0.632. The molecule has 0 aliphatic rings. The van der Waals surface area contributed by atoms with E-state index in [1.54, 1.807) is 0 Å². The number of para-hydroxylation sites is 1. The van der Waals surface area contributed by atoms with Gasteiger partial charge in [0, 0.05) is 18.7 Å². The number of ether oxygens (including phenoxy) is 1. The molecule has 0 heterocycles. The number of halogens is 2. The van der Waals surface area contributed by atoms with Crippen LogP contribution in [0.25, 0.3) is 0 Å². The van der Waals surface area contributed by atoms with Gasteiger partial charge in [0.05, 0.1) is 6.04 Å². The third-order valence-electron chi connectivity index (χ3n) is 4.20. The van der Waals surface area contributed by atoms with Gasteiger partial charge in [-0.2, -0.15) is 0 Å². The molecule has 0 spiro atoms. The first-order chi connectivity index (χ1) is 11.3. The molecule has 5 nitrogen and oxygen atoms in total. The fourth-order valence-corrected chi connectivity index (χ4v) is 2.30. The summed E-state index contributed by atoms with van der Waals surface area (Å²) in [5, 5.41) is 2.91. The molecule has 0 radical (unpaired) electrons. The lowest BCUT2D eigenvalue weighted by Gasteiger charge is -2.26. The van der Waals surface area contributed by atoms with E-state index in [2.05, 4.69) is 24.1 Å². The quantitative estimate of drug-likeness (QED) is 0.658. The Morgan fingerprint density at radius 1 is 1.19 bits per heavy atom. The minimum atomic E-state index is -0.534. The Hall–Kier alpha value is -1.01. The summed E-state index contributed by atoms with van der Waals surface area (Å²) in [5.74, 6) is 0.676. The van der Waals surface area contributed by atoms with Crippen LogP contribution in [-0.4, -0.2) is 43.1 Å². The van der Waals surface area contributed by atoms with Gasteiger partial charge in [-0.1, -0.05) is 52.8 Å². The number of amides is 1. The van der Waals surface area contributed by atoms with Gasteiger partial charge in [-0.05, 0) is 24.6 Å². The van der Waals surface area contributed by atoms with E-state index in [1.807, 2.05) is 45.0 Å². The van der Waals surface area contributed by atoms with Gasteiger partial charge in [0.15, 0.2) is 0 Å². The van der Waals surface area contributed by atoms with Crippen molar-refractivity contribution in [3.63, 3.8) is 0 Å². The second kappa shape index (κ2) is 13.2. The minimum Gasteiger partial charge on any atom is -0.492 e. The zero-order valence-electron chi connectivity index (χ0n) is 16.6. The summed E-state index contributed by atoms with van der Waals surface area (Å²) in [7, 11) is 0. The topological polar surface area (TPSA) is 67.6 Å². The van der Waals surface area contributed by atoms with Crippen LogP contribution in [0.15, 0.2) is 24.3 Å². The molecule has 26 heavy (non-hydrogen) atoms. The van der Waals surface area contributed by atoms with Crippen LogP contribution in [0.1, 0.15) is 40.2 Å². The first-order valence-electron chi connectivity index (χ1n) is 8.75. The van der Waals surface area contributed by atoms with Crippen molar-refractivity contribution in [3.05, 3.63) is 29.8 Å². The highest BCUT2D eigenvalue weighted by atomic mass is 35.5. The van der Waals surface area contributed by atoms with Crippen molar-refractivity contribution in [1.29, 1.82) is 0 Å². The number of carbonyl (C=O) groups is 1. The van der Waals surface area contributed by atoms with Crippen LogP contribution in [0.2, 0.25) is 0 Å². The van der Waals surface area contributed by atoms with Crippen molar-refractivity contribution in [1.82, 2.24) is 10.2 Å². The predicted molar refractivity (Wildman–Crippen MR) is 113 cm³/mol. The van der Waals surface area contributed by atoms with Gasteiger partial charge in [0.25, 0.3) is 0 Å². The molecule has 7 heteroatoms. The fourth-order valence-electron chi connectivity index (χ4n) is 2.30. The third-order valence-corrected chi connectivity index (χ3v) is 4.20. The summed E-state index contributed by atoms with van der Waals surface area (Å²) in [4.78, 5) is 14.5. The average Bonchev–Trinajstić information content (AvgIpc) is 2.56. The lowest BCUT2D eigenvalue weighted by molar-refractivity contribution is -0.124. The second-order valence-electron chi connectivity index (χ2n) is 7.04. The van der Waals surface area contributed by atoms with Crippen LogP contribution < -0.4 is 15.8 Å². The van der Waals surface area contributed by atoms with E-state index in [0.717, 1.165) is 30.9 Å². The van der Waals surface area contributed by atoms with Crippen LogP contribution in [0.5, 0.6) is 5.75 Å². The Morgan fingerprint density at radius 3 is 2.31 bits per heavy atom. The Balaban J connectivity index is 0. The summed E-state index contributed by atoms with van der Waals surface area (Å²) in [6.45, 7) is 14.1. The zero-order valence-corrected chi connectivity index (χ0v) is 18.2. The predicted octanol–water partition coefficient (Wildman–Crippen LogP) is 3.24. The molecule has 0 saturated heterocycles. The van der Waals surface area contributed by atoms with Crippen LogP contribution in [0, 0.1) is 5.41 Å². The molecule has 1 aromatic rings. The monoisotopic (exact) mass is 407 g/mol. The van der Waals surface area contributed by atoms with Crippen molar-refractivity contribution >= 4 is 30.7 Å². The highest BCUT2D eigenvalue weighted by Crippen LogP contribution is 2.19. The maximum Gasteiger partial charge on any atom is 0.237 e. The van der Waals surface area contributed by atoms with Crippen molar-refractivity contribution in [2.45, 2.75) is 47.2 Å². The van der Waals surface area contributed by atoms with E-state index in [4.69, 9.17) is 10.5 Å². The molecule has 1 atom stereocenters. The first kappa shape index (κ1) is 27.2. The van der Waals surface area contributed by atoms with Gasteiger partial charge in [-0.25, -0.2) is 0 Å². The number of nitrogens with one attached hydrogen (secondary N) is 1. The standard InChI is InChI=1S/C19H33N3O2.2ClH/c1-6-22(7-2)12-13-24-16-11-9-8-10-15(16)14-21-18(23)17(20)19(3,4)5;;/h8-11,17H,6-7,12-14,20H2,1-5H3,(H,21,23);2*1H/t17-;;/m1../s1. The number of likely N-dealkylation sites (N-methyl/N-ethyl adjacent to an activating group) is 1. The Labute approximate surface area is 170 Å². The lowest BCUT2D eigenvalue weighted by Crippen LogP contribution is -2.48. The van der Waals surface area contributed by atoms with E-state index in [-0.39, 0.29) is 36.1 Å². The van der Waals surface area contributed by atoms with E-state index >= 15 is 0 Å². The highest BCUT2D eigenvalue weighted by molar-refractivity contribution is 5.85. The van der Waals surface area contributed by atoms with Crippen LogP contribution in [0.3, 0.4) is 0 Å². The molecular formula is C19H35Cl2N3O2. The lowest BCUT2D eigenvalue weighted by atomic mass is 9.87. The van der Waals surface area contributed by atoms with E-state index < -0.39 is 6.04 Å². The van der Waals surface area contributed by atoms with Crippen molar-refractivity contribution in [2.24, 2.45) is 11.1 Å². The minimum absolute atomic E-state index is 0. The highest BCUT2D eigenvalue weighted by Gasteiger charge is 2.27. The summed E-state index contributed by atoms with van der Waals surface area (Å²) in [5.41, 5.74) is 6.70. The second-order valence-corrected chi connectivity index (χ2v) is 7.04. The van der Waals surface area contributed by atoms with Gasteiger partial charge in [-0.3, -0.25) is 4.79 Å². The van der Waals surface area contributed by atoms with Crippen LogP contribution in [-0.2, 0) is 11.3 Å². The molecule has 1 rings (SSSR count). The number of hydrogen-bond donors (Lipinski definition) is 2. The number of nitrogens with two attached hydrogens (primary N) is 1. The number of carbonyl (C=O) groups excluding carboxylic acids is 1. The maximum atomic E-state index is 12.2.